The minimum Gasteiger partial charge on any atom is -0.469 e. The Balaban J connectivity index is 4.42. The Labute approximate surface area is 122 Å². The molecule has 118 valence electrons. The SMILES string of the molecule is COC(=O)C(C)CN(CCCOC(C)C)C(=O)C(C)C. The lowest BCUT2D eigenvalue weighted by Crippen LogP contribution is -2.40. The monoisotopic (exact) mass is 287 g/mol. The number of ether oxygens (including phenoxy) is 2. The predicted molar refractivity (Wildman–Crippen MR) is 78.3 cm³/mol. The first-order chi connectivity index (χ1) is 9.29. The third kappa shape index (κ3) is 7.48. The summed E-state index contributed by atoms with van der Waals surface area (Å²) in [6.45, 7) is 11.1. The Bertz CT molecular complexity index is 302. The molecule has 0 saturated carbocycles. The first kappa shape index (κ1) is 18.9. The van der Waals surface area contributed by atoms with E-state index in [1.54, 1.807) is 11.8 Å². The van der Waals surface area contributed by atoms with Crippen molar-refractivity contribution in [3.63, 3.8) is 0 Å². The van der Waals surface area contributed by atoms with Gasteiger partial charge in [-0.1, -0.05) is 20.8 Å². The van der Waals surface area contributed by atoms with Gasteiger partial charge in [0, 0.05) is 25.6 Å². The van der Waals surface area contributed by atoms with E-state index in [2.05, 4.69) is 0 Å². The fourth-order valence-electron chi connectivity index (χ4n) is 1.84. The van der Waals surface area contributed by atoms with Crippen LogP contribution in [0.3, 0.4) is 0 Å². The van der Waals surface area contributed by atoms with Gasteiger partial charge in [0.2, 0.25) is 5.91 Å². The second kappa shape index (κ2) is 9.75. The maximum Gasteiger partial charge on any atom is 0.310 e. The van der Waals surface area contributed by atoms with Crippen molar-refractivity contribution < 1.29 is 19.1 Å². The second-order valence-corrected chi connectivity index (χ2v) is 5.64. The summed E-state index contributed by atoms with van der Waals surface area (Å²) in [5, 5.41) is 0. The third-order valence-corrected chi connectivity index (χ3v) is 2.93. The molecule has 1 amide bonds. The summed E-state index contributed by atoms with van der Waals surface area (Å²) >= 11 is 0. The van der Waals surface area contributed by atoms with E-state index in [0.29, 0.717) is 19.7 Å². The molecular weight excluding hydrogens is 258 g/mol. The van der Waals surface area contributed by atoms with Gasteiger partial charge in [-0.2, -0.15) is 0 Å². The molecule has 0 aromatic carbocycles. The van der Waals surface area contributed by atoms with Crippen LogP contribution in [0, 0.1) is 11.8 Å². The van der Waals surface area contributed by atoms with E-state index in [9.17, 15) is 9.59 Å². The van der Waals surface area contributed by atoms with Crippen molar-refractivity contribution in [2.45, 2.75) is 47.1 Å². The number of amides is 1. The molecule has 0 rings (SSSR count). The summed E-state index contributed by atoms with van der Waals surface area (Å²) in [7, 11) is 1.36. The molecule has 0 aromatic rings. The molecule has 0 N–H and O–H groups in total. The average molecular weight is 287 g/mol. The van der Waals surface area contributed by atoms with E-state index in [0.717, 1.165) is 6.42 Å². The maximum absolute atomic E-state index is 12.2. The smallest absolute Gasteiger partial charge is 0.310 e. The lowest BCUT2D eigenvalue weighted by molar-refractivity contribution is -0.147. The number of methoxy groups -OCH3 is 1. The highest BCUT2D eigenvalue weighted by atomic mass is 16.5. The van der Waals surface area contributed by atoms with Crippen LogP contribution in [0.15, 0.2) is 0 Å². The van der Waals surface area contributed by atoms with Crippen LogP contribution >= 0.6 is 0 Å². The fourth-order valence-corrected chi connectivity index (χ4v) is 1.84. The van der Waals surface area contributed by atoms with Gasteiger partial charge >= 0.3 is 5.97 Å². The summed E-state index contributed by atoms with van der Waals surface area (Å²) < 4.78 is 10.2. The van der Waals surface area contributed by atoms with E-state index >= 15 is 0 Å². The Morgan fingerprint density at radius 2 is 1.70 bits per heavy atom. The predicted octanol–water partition coefficient (Wildman–Crippen LogP) is 2.10. The molecule has 0 fully saturated rings. The van der Waals surface area contributed by atoms with Crippen molar-refractivity contribution >= 4 is 11.9 Å². The largest absolute Gasteiger partial charge is 0.469 e. The van der Waals surface area contributed by atoms with E-state index in [4.69, 9.17) is 9.47 Å². The highest BCUT2D eigenvalue weighted by molar-refractivity contribution is 5.79. The van der Waals surface area contributed by atoms with Crippen molar-refractivity contribution in [3.05, 3.63) is 0 Å². The standard InChI is InChI=1S/C15H29NO4/c1-11(2)14(17)16(8-7-9-20-12(3)4)10-13(5)15(18)19-6/h11-13H,7-10H2,1-6H3. The van der Waals surface area contributed by atoms with Crippen LogP contribution in [0.2, 0.25) is 0 Å². The van der Waals surface area contributed by atoms with Gasteiger partial charge in [0.05, 0.1) is 19.1 Å². The molecule has 0 bridgehead atoms. The lowest BCUT2D eigenvalue weighted by Gasteiger charge is -2.27. The first-order valence-corrected chi connectivity index (χ1v) is 7.27. The fraction of sp³-hybridized carbons (Fsp3) is 0.867. The van der Waals surface area contributed by atoms with Gasteiger partial charge in [-0.25, -0.2) is 0 Å². The average Bonchev–Trinajstić information content (AvgIpc) is 2.39. The summed E-state index contributed by atoms with van der Waals surface area (Å²) in [5.74, 6) is -0.616. The zero-order valence-corrected chi connectivity index (χ0v) is 13.6. The minimum absolute atomic E-state index is 0.0605. The van der Waals surface area contributed by atoms with Crippen LogP contribution in [0.4, 0.5) is 0 Å². The topological polar surface area (TPSA) is 55.8 Å². The number of rotatable bonds is 9. The number of carbonyl (C=O) groups excluding carboxylic acids is 2. The highest BCUT2D eigenvalue weighted by Crippen LogP contribution is 2.08. The Kier molecular flexibility index (Phi) is 9.21. The zero-order chi connectivity index (χ0) is 15.7. The van der Waals surface area contributed by atoms with Gasteiger partial charge in [0.25, 0.3) is 0 Å². The number of esters is 1. The number of hydrogen-bond donors (Lipinski definition) is 0. The van der Waals surface area contributed by atoms with Crippen LogP contribution in [-0.4, -0.2) is 49.7 Å². The second-order valence-electron chi connectivity index (χ2n) is 5.64. The van der Waals surface area contributed by atoms with E-state index in [-0.39, 0.29) is 29.8 Å². The molecule has 0 saturated heterocycles. The minimum atomic E-state index is -0.311. The first-order valence-electron chi connectivity index (χ1n) is 7.27. The van der Waals surface area contributed by atoms with Gasteiger partial charge in [0.1, 0.15) is 0 Å². The summed E-state index contributed by atoms with van der Waals surface area (Å²) in [4.78, 5) is 25.4. The molecule has 1 unspecified atom stereocenters. The van der Waals surface area contributed by atoms with Crippen molar-refractivity contribution in [1.82, 2.24) is 4.90 Å². The van der Waals surface area contributed by atoms with Crippen molar-refractivity contribution in [2.24, 2.45) is 11.8 Å². The molecule has 0 radical (unpaired) electrons. The Morgan fingerprint density at radius 3 is 2.15 bits per heavy atom. The molecule has 0 aliphatic heterocycles. The molecule has 0 aliphatic rings. The van der Waals surface area contributed by atoms with Crippen molar-refractivity contribution in [1.29, 1.82) is 0 Å². The van der Waals surface area contributed by atoms with Gasteiger partial charge in [-0.3, -0.25) is 9.59 Å². The summed E-state index contributed by atoms with van der Waals surface area (Å²) in [6, 6.07) is 0. The molecule has 5 heteroatoms. The van der Waals surface area contributed by atoms with Crippen molar-refractivity contribution in [2.75, 3.05) is 26.8 Å². The summed E-state index contributed by atoms with van der Waals surface area (Å²) in [5.41, 5.74) is 0. The molecule has 0 spiro atoms. The maximum atomic E-state index is 12.2. The molecular formula is C15H29NO4. The van der Waals surface area contributed by atoms with Crippen LogP contribution in [0.1, 0.15) is 41.0 Å². The quantitative estimate of drug-likeness (QED) is 0.481. The third-order valence-electron chi connectivity index (χ3n) is 2.93. The van der Waals surface area contributed by atoms with Gasteiger partial charge in [-0.15, -0.1) is 0 Å². The molecule has 20 heavy (non-hydrogen) atoms. The van der Waals surface area contributed by atoms with Gasteiger partial charge in [0.15, 0.2) is 0 Å². The van der Waals surface area contributed by atoms with Crippen LogP contribution in [-0.2, 0) is 19.1 Å². The lowest BCUT2D eigenvalue weighted by atomic mass is 10.1. The zero-order valence-electron chi connectivity index (χ0n) is 13.6. The number of hydrogen-bond acceptors (Lipinski definition) is 4. The highest BCUT2D eigenvalue weighted by Gasteiger charge is 2.22. The molecule has 0 aromatic heterocycles. The van der Waals surface area contributed by atoms with Crippen LogP contribution in [0.5, 0.6) is 0 Å². The number of nitrogens with zero attached hydrogens (tertiary/aromatic N) is 1. The molecule has 0 aliphatic carbocycles. The van der Waals surface area contributed by atoms with E-state index in [1.807, 2.05) is 27.7 Å². The van der Waals surface area contributed by atoms with Gasteiger partial charge < -0.3 is 14.4 Å². The van der Waals surface area contributed by atoms with Crippen LogP contribution < -0.4 is 0 Å². The van der Waals surface area contributed by atoms with E-state index in [1.165, 1.54) is 7.11 Å². The van der Waals surface area contributed by atoms with E-state index < -0.39 is 0 Å². The van der Waals surface area contributed by atoms with Gasteiger partial charge in [-0.05, 0) is 20.3 Å². The molecule has 5 nitrogen and oxygen atoms in total. The number of carbonyl (C=O) groups is 2. The van der Waals surface area contributed by atoms with Crippen LogP contribution in [0.25, 0.3) is 0 Å². The Hall–Kier alpha value is -1.10. The van der Waals surface area contributed by atoms with Crippen molar-refractivity contribution in [3.8, 4) is 0 Å². The summed E-state index contributed by atoms with van der Waals surface area (Å²) in [6.07, 6.45) is 0.961. The Morgan fingerprint density at radius 1 is 1.10 bits per heavy atom. The molecule has 1 atom stereocenters. The molecule has 0 heterocycles. The normalized spacial score (nSPS) is 12.6.